The van der Waals surface area contributed by atoms with E-state index in [-0.39, 0.29) is 16.5 Å². The van der Waals surface area contributed by atoms with Crippen LogP contribution in [-0.4, -0.2) is 15.3 Å². The molecule has 0 radical (unpaired) electrons. The minimum Gasteiger partial charge on any atom is -0.302 e. The molecule has 2 aromatic heterocycles. The van der Waals surface area contributed by atoms with Gasteiger partial charge in [-0.25, -0.2) is 0 Å². The van der Waals surface area contributed by atoms with Crippen LogP contribution in [0.5, 0.6) is 0 Å². The van der Waals surface area contributed by atoms with Gasteiger partial charge in [0.05, 0.1) is 5.03 Å². The average Bonchev–Trinajstić information content (AvgIpc) is 3.34. The number of hydrogen-bond donors (Lipinski definition) is 0. The first-order chi connectivity index (χ1) is 11.5. The second-order valence-corrected chi connectivity index (χ2v) is 8.25. The molecule has 2 aliphatic rings. The standard InChI is InChI=1S/C19H19N3OS/c1-12-10-22-17(24-11-12)7-14(15(8-20)18(22)23)13-3-4-16(21-9-13)19(2)5-6-19/h3-4,7,9,12H,5-6,10-11H2,1-2H3/t12-/m0/s1. The van der Waals surface area contributed by atoms with E-state index in [0.717, 1.165) is 22.0 Å². The molecule has 3 heterocycles. The van der Waals surface area contributed by atoms with Gasteiger partial charge in [0.25, 0.3) is 5.56 Å². The molecule has 1 aliphatic heterocycles. The van der Waals surface area contributed by atoms with Gasteiger partial charge in [0.1, 0.15) is 11.6 Å². The van der Waals surface area contributed by atoms with Crippen LogP contribution in [-0.2, 0) is 12.0 Å². The van der Waals surface area contributed by atoms with Crippen LogP contribution < -0.4 is 5.56 Å². The molecular formula is C19H19N3OS. The SMILES string of the molecule is C[C@@H]1CSc2cc(-c3ccc(C4(C)CC4)nc3)c(C#N)c(=O)n2C1. The van der Waals surface area contributed by atoms with Gasteiger partial charge in [-0.3, -0.25) is 9.78 Å². The second kappa shape index (κ2) is 5.49. The molecule has 5 heteroatoms. The fourth-order valence-corrected chi connectivity index (χ4v) is 4.27. The van der Waals surface area contributed by atoms with E-state index in [4.69, 9.17) is 0 Å². The summed E-state index contributed by atoms with van der Waals surface area (Å²) in [4.78, 5) is 17.3. The van der Waals surface area contributed by atoms with Crippen molar-refractivity contribution >= 4 is 11.8 Å². The molecule has 0 unspecified atom stereocenters. The van der Waals surface area contributed by atoms with Gasteiger partial charge in [0, 0.05) is 40.7 Å². The summed E-state index contributed by atoms with van der Waals surface area (Å²) in [5.74, 6) is 1.44. The highest BCUT2D eigenvalue weighted by Gasteiger charge is 2.40. The van der Waals surface area contributed by atoms with Crippen molar-refractivity contribution in [3.05, 3.63) is 46.0 Å². The van der Waals surface area contributed by atoms with Gasteiger partial charge < -0.3 is 4.57 Å². The number of pyridine rings is 2. The largest absolute Gasteiger partial charge is 0.302 e. The Balaban J connectivity index is 1.82. The summed E-state index contributed by atoms with van der Waals surface area (Å²) in [5.41, 5.74) is 2.92. The van der Waals surface area contributed by atoms with Gasteiger partial charge in [-0.05, 0) is 30.9 Å². The van der Waals surface area contributed by atoms with Crippen LogP contribution in [0.3, 0.4) is 0 Å². The van der Waals surface area contributed by atoms with E-state index in [1.165, 1.54) is 12.8 Å². The number of thioether (sulfide) groups is 1. The molecule has 1 saturated carbocycles. The van der Waals surface area contributed by atoms with E-state index in [1.807, 2.05) is 24.4 Å². The Morgan fingerprint density at radius 2 is 2.21 bits per heavy atom. The summed E-state index contributed by atoms with van der Waals surface area (Å²) < 4.78 is 1.74. The lowest BCUT2D eigenvalue weighted by molar-refractivity contribution is 0.474. The Bertz CT molecular complexity index is 904. The van der Waals surface area contributed by atoms with Gasteiger partial charge in [0.2, 0.25) is 0 Å². The summed E-state index contributed by atoms with van der Waals surface area (Å²) in [6.07, 6.45) is 4.16. The average molecular weight is 337 g/mol. The highest BCUT2D eigenvalue weighted by molar-refractivity contribution is 7.99. The first kappa shape index (κ1) is 15.5. The van der Waals surface area contributed by atoms with Crippen LogP contribution in [0, 0.1) is 17.2 Å². The van der Waals surface area contributed by atoms with Gasteiger partial charge in [-0.2, -0.15) is 5.26 Å². The van der Waals surface area contributed by atoms with E-state index in [1.54, 1.807) is 16.3 Å². The van der Waals surface area contributed by atoms with Crippen LogP contribution in [0.1, 0.15) is 37.9 Å². The Kier molecular flexibility index (Phi) is 3.54. The molecule has 0 saturated heterocycles. The Labute approximate surface area is 145 Å². The fraction of sp³-hybridized carbons (Fsp3) is 0.421. The molecule has 122 valence electrons. The number of rotatable bonds is 2. The normalized spacial score (nSPS) is 21.0. The highest BCUT2D eigenvalue weighted by Crippen LogP contribution is 2.46. The van der Waals surface area contributed by atoms with Gasteiger partial charge in [0.15, 0.2) is 0 Å². The number of fused-ring (bicyclic) bond motifs is 1. The molecule has 1 fully saturated rings. The maximum absolute atomic E-state index is 12.7. The van der Waals surface area contributed by atoms with Crippen molar-refractivity contribution in [3.63, 3.8) is 0 Å². The van der Waals surface area contributed by atoms with Crippen LogP contribution in [0.15, 0.2) is 34.2 Å². The first-order valence-electron chi connectivity index (χ1n) is 8.29. The lowest BCUT2D eigenvalue weighted by atomic mass is 10.00. The number of aromatic nitrogens is 2. The zero-order valence-electron chi connectivity index (χ0n) is 13.9. The summed E-state index contributed by atoms with van der Waals surface area (Å²) >= 11 is 1.69. The van der Waals surface area contributed by atoms with Crippen molar-refractivity contribution in [2.24, 2.45) is 5.92 Å². The Morgan fingerprint density at radius 1 is 1.42 bits per heavy atom. The van der Waals surface area contributed by atoms with E-state index >= 15 is 0 Å². The zero-order chi connectivity index (χ0) is 16.9. The van der Waals surface area contributed by atoms with Crippen molar-refractivity contribution in [1.82, 2.24) is 9.55 Å². The van der Waals surface area contributed by atoms with Crippen LogP contribution in [0.4, 0.5) is 0 Å². The number of nitriles is 1. The minimum atomic E-state index is -0.178. The number of nitrogens with zero attached hydrogens (tertiary/aromatic N) is 3. The number of hydrogen-bond acceptors (Lipinski definition) is 4. The van der Waals surface area contributed by atoms with Crippen molar-refractivity contribution in [3.8, 4) is 17.2 Å². The van der Waals surface area contributed by atoms with Crippen LogP contribution in [0.2, 0.25) is 0 Å². The molecule has 4 nitrogen and oxygen atoms in total. The monoisotopic (exact) mass is 337 g/mol. The molecule has 2 aromatic rings. The molecule has 0 amide bonds. The highest BCUT2D eigenvalue weighted by atomic mass is 32.2. The predicted octanol–water partition coefficient (Wildman–Crippen LogP) is 3.58. The molecular weight excluding hydrogens is 318 g/mol. The summed E-state index contributed by atoms with van der Waals surface area (Å²) in [5, 5.41) is 10.5. The molecule has 0 bridgehead atoms. The third-order valence-corrected chi connectivity index (χ3v) is 6.45. The van der Waals surface area contributed by atoms with Crippen LogP contribution >= 0.6 is 11.8 Å². The van der Waals surface area contributed by atoms with E-state index in [2.05, 4.69) is 24.9 Å². The molecule has 0 aromatic carbocycles. The predicted molar refractivity (Wildman–Crippen MR) is 95.1 cm³/mol. The van der Waals surface area contributed by atoms with Gasteiger partial charge in [-0.15, -0.1) is 11.8 Å². The second-order valence-electron chi connectivity index (χ2n) is 7.21. The molecule has 1 atom stereocenters. The van der Waals surface area contributed by atoms with E-state index in [0.29, 0.717) is 18.0 Å². The third kappa shape index (κ3) is 2.46. The maximum atomic E-state index is 12.7. The maximum Gasteiger partial charge on any atom is 0.269 e. The first-order valence-corrected chi connectivity index (χ1v) is 9.28. The molecule has 1 aliphatic carbocycles. The van der Waals surface area contributed by atoms with Crippen LogP contribution in [0.25, 0.3) is 11.1 Å². The summed E-state index contributed by atoms with van der Waals surface area (Å²) in [7, 11) is 0. The fourth-order valence-electron chi connectivity index (χ4n) is 3.20. The molecule has 0 spiro atoms. The lowest BCUT2D eigenvalue weighted by Crippen LogP contribution is -2.30. The van der Waals surface area contributed by atoms with Crippen molar-refractivity contribution in [2.75, 3.05) is 5.75 Å². The Morgan fingerprint density at radius 3 is 2.83 bits per heavy atom. The topological polar surface area (TPSA) is 58.7 Å². The van der Waals surface area contributed by atoms with E-state index < -0.39 is 0 Å². The zero-order valence-corrected chi connectivity index (χ0v) is 14.7. The minimum absolute atomic E-state index is 0.178. The molecule has 4 rings (SSSR count). The third-order valence-electron chi connectivity index (χ3n) is 5.08. The Hall–Kier alpha value is -2.06. The van der Waals surface area contributed by atoms with Gasteiger partial charge in [-0.1, -0.05) is 19.9 Å². The molecule has 0 N–H and O–H groups in total. The van der Waals surface area contributed by atoms with Crippen molar-refractivity contribution < 1.29 is 0 Å². The van der Waals surface area contributed by atoms with E-state index in [9.17, 15) is 10.1 Å². The molecule has 24 heavy (non-hydrogen) atoms. The smallest absolute Gasteiger partial charge is 0.269 e. The van der Waals surface area contributed by atoms with Gasteiger partial charge >= 0.3 is 0 Å². The lowest BCUT2D eigenvalue weighted by Gasteiger charge is -2.24. The summed E-state index contributed by atoms with van der Waals surface area (Å²) in [6.45, 7) is 5.04. The van der Waals surface area contributed by atoms with Crippen molar-refractivity contribution in [1.29, 1.82) is 5.26 Å². The van der Waals surface area contributed by atoms with Crippen molar-refractivity contribution in [2.45, 2.75) is 43.7 Å². The summed E-state index contributed by atoms with van der Waals surface area (Å²) in [6, 6.07) is 8.12. The quantitative estimate of drug-likeness (QED) is 0.840.